The second kappa shape index (κ2) is 4.07. The van der Waals surface area contributed by atoms with Crippen LogP contribution in [-0.2, 0) is 29.1 Å². The number of rotatable bonds is 2. The van der Waals surface area contributed by atoms with Crippen molar-refractivity contribution in [1.29, 1.82) is 0 Å². The van der Waals surface area contributed by atoms with Gasteiger partial charge in [0.2, 0.25) is 0 Å². The summed E-state index contributed by atoms with van der Waals surface area (Å²) < 4.78 is 22.9. The fourth-order valence-corrected chi connectivity index (χ4v) is 5.05. The molecular weight excluding hydrogens is 248 g/mol. The molecule has 4 heteroatoms. The third kappa shape index (κ3) is 2.31. The summed E-state index contributed by atoms with van der Waals surface area (Å²) >= 11 is 0. The zero-order valence-electron chi connectivity index (χ0n) is 10.4. The van der Waals surface area contributed by atoms with Gasteiger partial charge in [-0.3, -0.25) is 0 Å². The van der Waals surface area contributed by atoms with Crippen molar-refractivity contribution in [2.24, 2.45) is 0 Å². The van der Waals surface area contributed by atoms with E-state index in [9.17, 15) is 13.5 Å². The van der Waals surface area contributed by atoms with Crippen molar-refractivity contribution in [3.8, 4) is 0 Å². The van der Waals surface area contributed by atoms with Crippen LogP contribution in [0.5, 0.6) is 0 Å². The van der Waals surface area contributed by atoms with E-state index in [1.807, 2.05) is 6.07 Å². The van der Waals surface area contributed by atoms with E-state index in [4.69, 9.17) is 0 Å². The molecule has 1 N–H and O–H groups in total. The Morgan fingerprint density at radius 2 is 2.00 bits per heavy atom. The number of hydrogen-bond donors (Lipinski definition) is 1. The standard InChI is InChI=1S/C14H18O3S/c15-14(6-7-18(16,17)10-14)9-11-4-5-12-2-1-3-13(12)8-11/h4-5,8,15H,1-3,6-7,9-10H2. The molecule has 1 heterocycles. The van der Waals surface area contributed by atoms with Crippen LogP contribution in [0.15, 0.2) is 18.2 Å². The van der Waals surface area contributed by atoms with Gasteiger partial charge in [0, 0.05) is 6.42 Å². The molecule has 0 radical (unpaired) electrons. The summed E-state index contributed by atoms with van der Waals surface area (Å²) in [7, 11) is -3.04. The number of aliphatic hydroxyl groups is 1. The van der Waals surface area contributed by atoms with Crippen LogP contribution in [0.3, 0.4) is 0 Å². The third-order valence-electron chi connectivity index (χ3n) is 4.06. The van der Waals surface area contributed by atoms with Gasteiger partial charge in [-0.05, 0) is 42.4 Å². The normalized spacial score (nSPS) is 29.4. The molecule has 1 aromatic carbocycles. The molecule has 2 aliphatic rings. The summed E-state index contributed by atoms with van der Waals surface area (Å²) in [5.41, 5.74) is 2.79. The average molecular weight is 266 g/mol. The van der Waals surface area contributed by atoms with Gasteiger partial charge in [0.1, 0.15) is 0 Å². The van der Waals surface area contributed by atoms with Crippen LogP contribution in [0.4, 0.5) is 0 Å². The van der Waals surface area contributed by atoms with Gasteiger partial charge in [-0.1, -0.05) is 18.2 Å². The number of fused-ring (bicyclic) bond motifs is 1. The molecule has 0 bridgehead atoms. The highest BCUT2D eigenvalue weighted by atomic mass is 32.2. The number of sulfone groups is 1. The third-order valence-corrected chi connectivity index (χ3v) is 5.87. The second-order valence-electron chi connectivity index (χ2n) is 5.70. The van der Waals surface area contributed by atoms with Crippen LogP contribution in [0.2, 0.25) is 0 Å². The summed E-state index contributed by atoms with van der Waals surface area (Å²) in [5, 5.41) is 10.3. The van der Waals surface area contributed by atoms with Crippen LogP contribution >= 0.6 is 0 Å². The Bertz CT molecular complexity index is 577. The predicted octanol–water partition coefficient (Wildman–Crippen LogP) is 1.27. The number of benzene rings is 1. The van der Waals surface area contributed by atoms with E-state index in [0.29, 0.717) is 12.8 Å². The second-order valence-corrected chi connectivity index (χ2v) is 7.88. The van der Waals surface area contributed by atoms with Crippen LogP contribution in [0.25, 0.3) is 0 Å². The fraction of sp³-hybridized carbons (Fsp3) is 0.571. The number of aryl methyl sites for hydroxylation is 2. The molecule has 3 rings (SSSR count). The molecule has 1 aliphatic heterocycles. The van der Waals surface area contributed by atoms with Crippen molar-refractivity contribution >= 4 is 9.84 Å². The highest BCUT2D eigenvalue weighted by molar-refractivity contribution is 7.91. The van der Waals surface area contributed by atoms with Gasteiger partial charge in [-0.15, -0.1) is 0 Å². The first-order chi connectivity index (χ1) is 8.46. The van der Waals surface area contributed by atoms with Crippen LogP contribution in [-0.4, -0.2) is 30.6 Å². The topological polar surface area (TPSA) is 54.4 Å². The van der Waals surface area contributed by atoms with Gasteiger partial charge in [0.25, 0.3) is 0 Å². The predicted molar refractivity (Wildman–Crippen MR) is 70.4 cm³/mol. The van der Waals surface area contributed by atoms with Gasteiger partial charge < -0.3 is 5.11 Å². The van der Waals surface area contributed by atoms with E-state index in [1.54, 1.807) is 0 Å². The van der Waals surface area contributed by atoms with Crippen LogP contribution in [0, 0.1) is 0 Å². The zero-order chi connectivity index (χ0) is 12.8. The van der Waals surface area contributed by atoms with Crippen molar-refractivity contribution < 1.29 is 13.5 Å². The molecule has 0 saturated carbocycles. The molecule has 0 spiro atoms. The monoisotopic (exact) mass is 266 g/mol. The summed E-state index contributed by atoms with van der Waals surface area (Å²) in [6.45, 7) is 0. The Morgan fingerprint density at radius 1 is 1.22 bits per heavy atom. The van der Waals surface area contributed by atoms with E-state index < -0.39 is 15.4 Å². The zero-order valence-corrected chi connectivity index (χ0v) is 11.2. The lowest BCUT2D eigenvalue weighted by Gasteiger charge is -2.21. The minimum Gasteiger partial charge on any atom is -0.388 e. The van der Waals surface area contributed by atoms with Crippen molar-refractivity contribution in [1.82, 2.24) is 0 Å². The van der Waals surface area contributed by atoms with Gasteiger partial charge in [-0.25, -0.2) is 8.42 Å². The van der Waals surface area contributed by atoms with E-state index in [1.165, 1.54) is 17.5 Å². The molecule has 1 aromatic rings. The van der Waals surface area contributed by atoms with Crippen molar-refractivity contribution in [3.05, 3.63) is 34.9 Å². The smallest absolute Gasteiger partial charge is 0.153 e. The Labute approximate surface area is 108 Å². The minimum absolute atomic E-state index is 0.0862. The lowest BCUT2D eigenvalue weighted by molar-refractivity contribution is 0.0682. The molecule has 98 valence electrons. The minimum atomic E-state index is -3.04. The van der Waals surface area contributed by atoms with Crippen LogP contribution in [0.1, 0.15) is 29.5 Å². The van der Waals surface area contributed by atoms with Crippen molar-refractivity contribution in [3.63, 3.8) is 0 Å². The molecule has 1 unspecified atom stereocenters. The molecular formula is C14H18O3S. The van der Waals surface area contributed by atoms with Gasteiger partial charge >= 0.3 is 0 Å². The molecule has 1 fully saturated rings. The maximum Gasteiger partial charge on any atom is 0.153 e. The first kappa shape index (κ1) is 12.2. The Balaban J connectivity index is 1.81. The highest BCUT2D eigenvalue weighted by Gasteiger charge is 2.40. The SMILES string of the molecule is O=S1(=O)CCC(O)(Cc2ccc3c(c2)CCC3)C1. The molecule has 1 saturated heterocycles. The van der Waals surface area contributed by atoms with E-state index in [-0.39, 0.29) is 11.5 Å². The highest BCUT2D eigenvalue weighted by Crippen LogP contribution is 2.29. The molecule has 1 aliphatic carbocycles. The molecule has 1 atom stereocenters. The van der Waals surface area contributed by atoms with E-state index in [2.05, 4.69) is 12.1 Å². The molecule has 0 aromatic heterocycles. The Morgan fingerprint density at radius 3 is 2.72 bits per heavy atom. The van der Waals surface area contributed by atoms with Crippen molar-refractivity contribution in [2.45, 2.75) is 37.7 Å². The summed E-state index contributed by atoms with van der Waals surface area (Å²) in [6.07, 6.45) is 4.29. The maximum atomic E-state index is 11.5. The van der Waals surface area contributed by atoms with Crippen LogP contribution < -0.4 is 0 Å². The summed E-state index contributed by atoms with van der Waals surface area (Å²) in [5.74, 6) is 0.0333. The van der Waals surface area contributed by atoms with E-state index >= 15 is 0 Å². The van der Waals surface area contributed by atoms with Gasteiger partial charge in [-0.2, -0.15) is 0 Å². The quantitative estimate of drug-likeness (QED) is 0.877. The Kier molecular flexibility index (Phi) is 2.75. The molecule has 18 heavy (non-hydrogen) atoms. The lowest BCUT2D eigenvalue weighted by atomic mass is 9.92. The summed E-state index contributed by atoms with van der Waals surface area (Å²) in [4.78, 5) is 0. The fourth-order valence-electron chi connectivity index (χ4n) is 3.15. The van der Waals surface area contributed by atoms with E-state index in [0.717, 1.165) is 18.4 Å². The molecule has 3 nitrogen and oxygen atoms in total. The first-order valence-corrected chi connectivity index (χ1v) is 8.32. The van der Waals surface area contributed by atoms with Crippen molar-refractivity contribution in [2.75, 3.05) is 11.5 Å². The maximum absolute atomic E-state index is 11.5. The Hall–Kier alpha value is -0.870. The molecule has 0 amide bonds. The van der Waals surface area contributed by atoms with Gasteiger partial charge in [0.05, 0.1) is 17.1 Å². The largest absolute Gasteiger partial charge is 0.388 e. The number of hydrogen-bond acceptors (Lipinski definition) is 3. The first-order valence-electron chi connectivity index (χ1n) is 6.49. The van der Waals surface area contributed by atoms with Gasteiger partial charge in [0.15, 0.2) is 9.84 Å². The average Bonchev–Trinajstić information content (AvgIpc) is 2.82. The lowest BCUT2D eigenvalue weighted by Crippen LogP contribution is -2.32. The summed E-state index contributed by atoms with van der Waals surface area (Å²) in [6, 6.07) is 6.31.